The second-order valence-electron chi connectivity index (χ2n) is 5.50. The number of nitriles is 1. The molecule has 2 aliphatic rings. The van der Waals surface area contributed by atoms with Gasteiger partial charge in [0.15, 0.2) is 0 Å². The van der Waals surface area contributed by atoms with E-state index >= 15 is 0 Å². The Morgan fingerprint density at radius 3 is 2.95 bits per heavy atom. The van der Waals surface area contributed by atoms with Crippen molar-refractivity contribution in [3.63, 3.8) is 0 Å². The first kappa shape index (κ1) is 18.7. The second kappa shape index (κ2) is 8.33. The normalized spacial score (nSPS) is 26.7. The topological polar surface area (TPSA) is 69.0 Å². The van der Waals surface area contributed by atoms with E-state index in [4.69, 9.17) is 5.26 Å². The first-order valence-electron chi connectivity index (χ1n) is 7.13. The van der Waals surface area contributed by atoms with Crippen molar-refractivity contribution < 1.29 is 4.79 Å². The molecule has 5 nitrogen and oxygen atoms in total. The van der Waals surface area contributed by atoms with Gasteiger partial charge in [-0.25, -0.2) is 0 Å². The third-order valence-electron chi connectivity index (χ3n) is 4.27. The number of carbonyl (C=O) groups excluding carboxylic acids is 1. The van der Waals surface area contributed by atoms with E-state index in [9.17, 15) is 4.79 Å². The van der Waals surface area contributed by atoms with Crippen LogP contribution in [0.5, 0.6) is 0 Å². The minimum atomic E-state index is -0.234. The summed E-state index contributed by atoms with van der Waals surface area (Å²) in [5.74, 6) is 0.418. The van der Waals surface area contributed by atoms with Gasteiger partial charge in [0.1, 0.15) is 6.04 Å². The average Bonchev–Trinajstić information content (AvgIpc) is 3.16. The third kappa shape index (κ3) is 3.70. The monoisotopic (exact) mass is 342 g/mol. The molecule has 0 unspecified atom stereocenters. The van der Waals surface area contributed by atoms with E-state index in [1.54, 1.807) is 11.1 Å². The van der Waals surface area contributed by atoms with Gasteiger partial charge in [-0.05, 0) is 36.8 Å². The Kier molecular flexibility index (Phi) is 7.08. The Morgan fingerprint density at radius 2 is 2.27 bits per heavy atom. The zero-order valence-corrected chi connectivity index (χ0v) is 13.8. The Bertz CT molecular complexity index is 534. The first-order valence-corrected chi connectivity index (χ1v) is 7.13. The summed E-state index contributed by atoms with van der Waals surface area (Å²) in [4.78, 5) is 18.4. The molecule has 22 heavy (non-hydrogen) atoms. The van der Waals surface area contributed by atoms with E-state index in [0.29, 0.717) is 12.5 Å². The molecule has 1 N–H and O–H groups in total. The number of aromatic nitrogens is 1. The highest BCUT2D eigenvalue weighted by molar-refractivity contribution is 5.85. The van der Waals surface area contributed by atoms with E-state index in [1.807, 2.05) is 12.3 Å². The fraction of sp³-hybridized carbons (Fsp3) is 0.533. The molecule has 120 valence electrons. The Hall–Kier alpha value is -1.35. The van der Waals surface area contributed by atoms with Crippen LogP contribution in [0.2, 0.25) is 0 Å². The van der Waals surface area contributed by atoms with E-state index in [2.05, 4.69) is 22.4 Å². The minimum absolute atomic E-state index is 0. The number of likely N-dealkylation sites (tertiary alicyclic amines) is 1. The highest BCUT2D eigenvalue weighted by Crippen LogP contribution is 2.27. The number of rotatable bonds is 2. The predicted octanol–water partition coefficient (Wildman–Crippen LogP) is 1.89. The Labute approximate surface area is 142 Å². The van der Waals surface area contributed by atoms with Crippen LogP contribution in [0.1, 0.15) is 30.7 Å². The van der Waals surface area contributed by atoms with Crippen molar-refractivity contribution in [1.82, 2.24) is 15.2 Å². The number of hydrogen-bond acceptors (Lipinski definition) is 4. The number of nitrogens with zero attached hydrogens (tertiary/aromatic N) is 3. The summed E-state index contributed by atoms with van der Waals surface area (Å²) in [7, 11) is 0. The number of carbonyl (C=O) groups is 1. The van der Waals surface area contributed by atoms with Gasteiger partial charge < -0.3 is 10.2 Å². The van der Waals surface area contributed by atoms with Gasteiger partial charge in [0.25, 0.3) is 0 Å². The predicted molar refractivity (Wildman–Crippen MR) is 88.2 cm³/mol. The summed E-state index contributed by atoms with van der Waals surface area (Å²) >= 11 is 0. The SMILES string of the molecule is Cl.Cl.N#C[C@@H]1CCCN1C(=O)[C@@H]1C[C@H](c2cccnc2)CN1. The zero-order chi connectivity index (χ0) is 13.9. The highest BCUT2D eigenvalue weighted by Gasteiger charge is 2.37. The molecule has 2 aliphatic heterocycles. The molecule has 1 aromatic rings. The minimum Gasteiger partial charge on any atom is -0.325 e. The molecule has 0 spiro atoms. The molecular formula is C15H20Cl2N4O. The van der Waals surface area contributed by atoms with Crippen molar-refractivity contribution in [3.05, 3.63) is 30.1 Å². The van der Waals surface area contributed by atoms with Gasteiger partial charge in [0.05, 0.1) is 12.1 Å². The van der Waals surface area contributed by atoms with Crippen LogP contribution in [-0.4, -0.2) is 41.0 Å². The van der Waals surface area contributed by atoms with Crippen LogP contribution in [0.4, 0.5) is 0 Å². The van der Waals surface area contributed by atoms with Crippen molar-refractivity contribution in [1.29, 1.82) is 5.26 Å². The molecule has 1 aromatic heterocycles. The average molecular weight is 343 g/mol. The van der Waals surface area contributed by atoms with E-state index in [1.165, 1.54) is 5.56 Å². The lowest BCUT2D eigenvalue weighted by Gasteiger charge is -2.23. The maximum atomic E-state index is 12.5. The number of pyridine rings is 1. The number of halogens is 2. The molecule has 0 radical (unpaired) electrons. The summed E-state index contributed by atoms with van der Waals surface area (Å²) in [6, 6.07) is 5.82. The van der Waals surface area contributed by atoms with Crippen LogP contribution in [0.3, 0.4) is 0 Å². The second-order valence-corrected chi connectivity index (χ2v) is 5.50. The van der Waals surface area contributed by atoms with Gasteiger partial charge >= 0.3 is 0 Å². The van der Waals surface area contributed by atoms with Gasteiger partial charge in [-0.15, -0.1) is 24.8 Å². The van der Waals surface area contributed by atoms with Crippen LogP contribution < -0.4 is 5.32 Å². The van der Waals surface area contributed by atoms with Crippen LogP contribution in [0.15, 0.2) is 24.5 Å². The molecule has 1 amide bonds. The molecule has 3 rings (SSSR count). The quantitative estimate of drug-likeness (QED) is 0.890. The first-order chi connectivity index (χ1) is 9.79. The van der Waals surface area contributed by atoms with Crippen molar-refractivity contribution >= 4 is 30.7 Å². The fourth-order valence-corrected chi connectivity index (χ4v) is 3.16. The maximum Gasteiger partial charge on any atom is 0.240 e. The van der Waals surface area contributed by atoms with Gasteiger partial charge in [-0.2, -0.15) is 5.26 Å². The number of hydrogen-bond donors (Lipinski definition) is 1. The lowest BCUT2D eigenvalue weighted by atomic mass is 9.97. The van der Waals surface area contributed by atoms with Crippen LogP contribution >= 0.6 is 24.8 Å². The fourth-order valence-electron chi connectivity index (χ4n) is 3.16. The summed E-state index contributed by atoms with van der Waals surface area (Å²) < 4.78 is 0. The van der Waals surface area contributed by atoms with Crippen molar-refractivity contribution in [2.24, 2.45) is 0 Å². The van der Waals surface area contributed by atoms with Crippen LogP contribution in [0.25, 0.3) is 0 Å². The maximum absolute atomic E-state index is 12.5. The zero-order valence-electron chi connectivity index (χ0n) is 12.1. The van der Waals surface area contributed by atoms with Crippen molar-refractivity contribution in [2.45, 2.75) is 37.3 Å². The molecule has 3 atom stereocenters. The largest absolute Gasteiger partial charge is 0.325 e. The van der Waals surface area contributed by atoms with Crippen LogP contribution in [-0.2, 0) is 4.79 Å². The number of amides is 1. The third-order valence-corrected chi connectivity index (χ3v) is 4.27. The molecule has 3 heterocycles. The van der Waals surface area contributed by atoms with Gasteiger partial charge in [-0.1, -0.05) is 6.07 Å². The van der Waals surface area contributed by atoms with Gasteiger partial charge in [0.2, 0.25) is 5.91 Å². The highest BCUT2D eigenvalue weighted by atomic mass is 35.5. The molecule has 2 saturated heterocycles. The standard InChI is InChI=1S/C15H18N4O.2ClH/c16-8-13-4-2-6-19(13)15(20)14-7-12(10-18-14)11-3-1-5-17-9-11;;/h1,3,5,9,12-14,18H,2,4,6-7,10H2;2*1H/t12-,13-,14-;;/m0../s1. The lowest BCUT2D eigenvalue weighted by Crippen LogP contribution is -2.45. The van der Waals surface area contributed by atoms with E-state index in [0.717, 1.165) is 25.8 Å². The Balaban J connectivity index is 0.00000121. The summed E-state index contributed by atoms with van der Waals surface area (Å²) in [6.45, 7) is 1.51. The molecule has 0 bridgehead atoms. The van der Waals surface area contributed by atoms with Gasteiger partial charge in [0, 0.05) is 25.5 Å². The Morgan fingerprint density at radius 1 is 1.45 bits per heavy atom. The van der Waals surface area contributed by atoms with Crippen molar-refractivity contribution in [3.8, 4) is 6.07 Å². The van der Waals surface area contributed by atoms with E-state index < -0.39 is 0 Å². The molecule has 0 aromatic carbocycles. The molecule has 2 fully saturated rings. The molecular weight excluding hydrogens is 323 g/mol. The van der Waals surface area contributed by atoms with Gasteiger partial charge in [-0.3, -0.25) is 9.78 Å². The summed E-state index contributed by atoms with van der Waals surface area (Å²) in [6.07, 6.45) is 6.16. The summed E-state index contributed by atoms with van der Waals surface area (Å²) in [5, 5.41) is 12.4. The molecule has 0 saturated carbocycles. The van der Waals surface area contributed by atoms with Crippen molar-refractivity contribution in [2.75, 3.05) is 13.1 Å². The lowest BCUT2D eigenvalue weighted by molar-refractivity contribution is -0.133. The number of nitrogens with one attached hydrogen (secondary N) is 1. The van der Waals surface area contributed by atoms with Crippen LogP contribution in [0, 0.1) is 11.3 Å². The van der Waals surface area contributed by atoms with E-state index in [-0.39, 0.29) is 42.8 Å². The smallest absolute Gasteiger partial charge is 0.240 e. The summed E-state index contributed by atoms with van der Waals surface area (Å²) in [5.41, 5.74) is 1.17. The molecule has 7 heteroatoms. The molecule has 0 aliphatic carbocycles.